The predicted octanol–water partition coefficient (Wildman–Crippen LogP) is 2.95. The number of fused-ring (bicyclic) bond motifs is 1. The lowest BCUT2D eigenvalue weighted by Gasteiger charge is -2.08. The largest absolute Gasteiger partial charge is 0.487 e. The van der Waals surface area contributed by atoms with E-state index in [2.05, 4.69) is 30.9 Å². The van der Waals surface area contributed by atoms with Gasteiger partial charge in [-0.3, -0.25) is 4.79 Å². The van der Waals surface area contributed by atoms with Crippen molar-refractivity contribution in [2.45, 2.75) is 13.5 Å². The first-order valence-corrected chi connectivity index (χ1v) is 8.31. The number of aromatic nitrogens is 5. The van der Waals surface area contributed by atoms with Gasteiger partial charge in [0, 0.05) is 23.6 Å². The Bertz CT molecular complexity index is 1080. The predicted molar refractivity (Wildman–Crippen MR) is 100.0 cm³/mol. The normalized spacial score (nSPS) is 10.7. The van der Waals surface area contributed by atoms with Gasteiger partial charge in [0.1, 0.15) is 12.4 Å². The maximum absolute atomic E-state index is 11.2. The van der Waals surface area contributed by atoms with Crippen LogP contribution in [-0.2, 0) is 11.4 Å². The molecule has 8 heteroatoms. The Kier molecular flexibility index (Phi) is 4.44. The zero-order valence-corrected chi connectivity index (χ0v) is 14.5. The van der Waals surface area contributed by atoms with Crippen molar-refractivity contribution in [3.05, 3.63) is 60.3 Å². The van der Waals surface area contributed by atoms with Crippen molar-refractivity contribution in [2.24, 2.45) is 0 Å². The summed E-state index contributed by atoms with van der Waals surface area (Å²) in [6.07, 6.45) is 0. The van der Waals surface area contributed by atoms with E-state index in [0.29, 0.717) is 12.4 Å². The van der Waals surface area contributed by atoms with E-state index in [0.717, 1.165) is 33.6 Å². The zero-order valence-electron chi connectivity index (χ0n) is 14.5. The molecule has 2 aromatic heterocycles. The molecule has 4 aromatic rings. The second-order valence-electron chi connectivity index (χ2n) is 5.94. The maximum atomic E-state index is 11.2. The van der Waals surface area contributed by atoms with E-state index in [-0.39, 0.29) is 5.91 Å². The molecule has 27 heavy (non-hydrogen) atoms. The molecule has 0 atom stereocenters. The Balaban J connectivity index is 1.44. The molecule has 0 fully saturated rings. The van der Waals surface area contributed by atoms with Gasteiger partial charge in [0.25, 0.3) is 0 Å². The van der Waals surface area contributed by atoms with Crippen molar-refractivity contribution in [3.63, 3.8) is 0 Å². The molecule has 0 saturated heterocycles. The Morgan fingerprint density at radius 1 is 1.11 bits per heavy atom. The number of aromatic amines is 1. The smallest absolute Gasteiger partial charge is 0.221 e. The number of tetrazole rings is 1. The standard InChI is InChI=1S/C19H16N6O2/c1-12(26)20-15-6-9-18-14(10-15)2-5-16(21-18)11-27-17-7-3-13(4-8-17)19-22-24-25-23-19/h2-10H,11H2,1H3,(H,20,26)(H,22,23,24,25). The zero-order chi connectivity index (χ0) is 18.6. The number of nitrogens with zero attached hydrogens (tertiary/aromatic N) is 4. The van der Waals surface area contributed by atoms with Crippen LogP contribution in [0.4, 0.5) is 5.69 Å². The molecule has 1 amide bonds. The van der Waals surface area contributed by atoms with Crippen molar-refractivity contribution in [3.8, 4) is 17.1 Å². The number of H-pyrrole nitrogens is 1. The van der Waals surface area contributed by atoms with Gasteiger partial charge >= 0.3 is 0 Å². The van der Waals surface area contributed by atoms with Crippen molar-refractivity contribution >= 4 is 22.5 Å². The number of hydrogen-bond acceptors (Lipinski definition) is 6. The number of hydrogen-bond donors (Lipinski definition) is 2. The lowest BCUT2D eigenvalue weighted by Crippen LogP contribution is -2.05. The number of carbonyl (C=O) groups is 1. The molecule has 2 heterocycles. The average Bonchev–Trinajstić information content (AvgIpc) is 3.21. The number of nitrogens with one attached hydrogen (secondary N) is 2. The summed E-state index contributed by atoms with van der Waals surface area (Å²) >= 11 is 0. The molecule has 0 saturated carbocycles. The molecular weight excluding hydrogens is 344 g/mol. The molecule has 0 aliphatic rings. The average molecular weight is 360 g/mol. The van der Waals surface area contributed by atoms with Gasteiger partial charge in [0.15, 0.2) is 0 Å². The Morgan fingerprint density at radius 2 is 1.96 bits per heavy atom. The fourth-order valence-corrected chi connectivity index (χ4v) is 2.67. The minimum atomic E-state index is -0.0994. The SMILES string of the molecule is CC(=O)Nc1ccc2nc(COc3ccc(-c4nn[nH]n4)cc3)ccc2c1. The van der Waals surface area contributed by atoms with Crippen molar-refractivity contribution in [2.75, 3.05) is 5.32 Å². The molecule has 134 valence electrons. The summed E-state index contributed by atoms with van der Waals surface area (Å²) < 4.78 is 5.81. The van der Waals surface area contributed by atoms with Gasteiger partial charge in [-0.1, -0.05) is 6.07 Å². The lowest BCUT2D eigenvalue weighted by molar-refractivity contribution is -0.114. The van der Waals surface area contributed by atoms with Crippen LogP contribution in [0.3, 0.4) is 0 Å². The van der Waals surface area contributed by atoms with Crippen molar-refractivity contribution in [1.29, 1.82) is 0 Å². The first kappa shape index (κ1) is 16.6. The molecule has 0 radical (unpaired) electrons. The third-order valence-electron chi connectivity index (χ3n) is 3.91. The molecule has 0 aliphatic carbocycles. The van der Waals surface area contributed by atoms with E-state index < -0.39 is 0 Å². The molecule has 2 aromatic carbocycles. The monoisotopic (exact) mass is 360 g/mol. The number of amides is 1. The summed E-state index contributed by atoms with van der Waals surface area (Å²) in [6, 6.07) is 16.9. The second kappa shape index (κ2) is 7.20. The van der Waals surface area contributed by atoms with Gasteiger partial charge in [0.2, 0.25) is 11.7 Å². The topological polar surface area (TPSA) is 106 Å². The van der Waals surface area contributed by atoms with Crippen LogP contribution in [0.15, 0.2) is 54.6 Å². The third-order valence-corrected chi connectivity index (χ3v) is 3.91. The summed E-state index contributed by atoms with van der Waals surface area (Å²) in [5.74, 6) is 1.17. The first-order valence-electron chi connectivity index (χ1n) is 8.31. The van der Waals surface area contributed by atoms with E-state index in [9.17, 15) is 4.79 Å². The second-order valence-corrected chi connectivity index (χ2v) is 5.94. The van der Waals surface area contributed by atoms with Crippen LogP contribution in [0.25, 0.3) is 22.3 Å². The fraction of sp³-hybridized carbons (Fsp3) is 0.105. The quantitative estimate of drug-likeness (QED) is 0.567. The minimum absolute atomic E-state index is 0.0994. The summed E-state index contributed by atoms with van der Waals surface area (Å²) in [6.45, 7) is 1.84. The van der Waals surface area contributed by atoms with Crippen molar-refractivity contribution < 1.29 is 9.53 Å². The van der Waals surface area contributed by atoms with Crippen LogP contribution >= 0.6 is 0 Å². The summed E-state index contributed by atoms with van der Waals surface area (Å²) in [5.41, 5.74) is 3.27. The Labute approximate surface area is 154 Å². The number of pyridine rings is 1. The third kappa shape index (κ3) is 3.90. The molecule has 0 aliphatic heterocycles. The molecule has 8 nitrogen and oxygen atoms in total. The van der Waals surface area contributed by atoms with E-state index in [4.69, 9.17) is 4.74 Å². The van der Waals surface area contributed by atoms with Crippen molar-refractivity contribution in [1.82, 2.24) is 25.6 Å². The van der Waals surface area contributed by atoms with Gasteiger partial charge in [-0.2, -0.15) is 5.21 Å². The molecule has 0 spiro atoms. The number of carbonyl (C=O) groups excluding carboxylic acids is 1. The van der Waals surface area contributed by atoms with Gasteiger partial charge in [-0.05, 0) is 53.7 Å². The van der Waals surface area contributed by atoms with Crippen LogP contribution in [0.5, 0.6) is 5.75 Å². The van der Waals surface area contributed by atoms with Gasteiger partial charge in [-0.25, -0.2) is 4.98 Å². The number of benzene rings is 2. The van der Waals surface area contributed by atoms with Crippen LogP contribution < -0.4 is 10.1 Å². The van der Waals surface area contributed by atoms with E-state index in [1.807, 2.05) is 54.6 Å². The van der Waals surface area contributed by atoms with Gasteiger partial charge in [0.05, 0.1) is 11.2 Å². The lowest BCUT2D eigenvalue weighted by atomic mass is 10.2. The highest BCUT2D eigenvalue weighted by Crippen LogP contribution is 2.21. The number of rotatable bonds is 5. The van der Waals surface area contributed by atoms with E-state index in [1.54, 1.807) is 0 Å². The van der Waals surface area contributed by atoms with Gasteiger partial charge in [-0.15, -0.1) is 10.2 Å². The highest BCUT2D eigenvalue weighted by Gasteiger charge is 2.05. The Hall–Kier alpha value is -3.81. The van der Waals surface area contributed by atoms with Crippen LogP contribution in [0.1, 0.15) is 12.6 Å². The fourth-order valence-electron chi connectivity index (χ4n) is 2.67. The molecule has 0 unspecified atom stereocenters. The first-order chi connectivity index (χ1) is 13.2. The van der Waals surface area contributed by atoms with Crippen LogP contribution in [-0.4, -0.2) is 31.5 Å². The molecular formula is C19H16N6O2. The summed E-state index contributed by atoms with van der Waals surface area (Å²) in [7, 11) is 0. The Morgan fingerprint density at radius 3 is 2.70 bits per heavy atom. The number of anilines is 1. The van der Waals surface area contributed by atoms with E-state index in [1.165, 1.54) is 6.92 Å². The highest BCUT2D eigenvalue weighted by atomic mass is 16.5. The van der Waals surface area contributed by atoms with Gasteiger partial charge < -0.3 is 10.1 Å². The summed E-state index contributed by atoms with van der Waals surface area (Å²) in [4.78, 5) is 15.8. The molecule has 2 N–H and O–H groups in total. The van der Waals surface area contributed by atoms with E-state index >= 15 is 0 Å². The molecule has 0 bridgehead atoms. The maximum Gasteiger partial charge on any atom is 0.221 e. The minimum Gasteiger partial charge on any atom is -0.487 e. The van der Waals surface area contributed by atoms with Crippen LogP contribution in [0.2, 0.25) is 0 Å². The summed E-state index contributed by atoms with van der Waals surface area (Å²) in [5, 5.41) is 17.6. The highest BCUT2D eigenvalue weighted by molar-refractivity contribution is 5.92. The molecule has 4 rings (SSSR count). The van der Waals surface area contributed by atoms with Crippen LogP contribution in [0, 0.1) is 0 Å². The number of ether oxygens (including phenoxy) is 1.